The van der Waals surface area contributed by atoms with E-state index in [4.69, 9.17) is 4.74 Å². The zero-order valence-corrected chi connectivity index (χ0v) is 14.8. The van der Waals surface area contributed by atoms with Crippen LogP contribution in [-0.4, -0.2) is 39.5 Å². The Morgan fingerprint density at radius 1 is 1.16 bits per heavy atom. The van der Waals surface area contributed by atoms with Crippen LogP contribution in [0.25, 0.3) is 11.0 Å². The first-order chi connectivity index (χ1) is 12.2. The Morgan fingerprint density at radius 2 is 1.92 bits per heavy atom. The maximum absolute atomic E-state index is 12.9. The highest BCUT2D eigenvalue weighted by atomic mass is 16.5. The fraction of sp³-hybridized carbons (Fsp3) is 0.316. The second-order valence-electron chi connectivity index (χ2n) is 5.78. The summed E-state index contributed by atoms with van der Waals surface area (Å²) in [6, 6.07) is 13.3. The molecule has 3 rings (SSSR count). The molecule has 0 spiro atoms. The molecular formula is C19H22N4O2. The van der Waals surface area contributed by atoms with Gasteiger partial charge in [-0.15, -0.1) is 5.10 Å². The lowest BCUT2D eigenvalue weighted by Gasteiger charge is -2.21. The summed E-state index contributed by atoms with van der Waals surface area (Å²) in [5, 5.41) is 8.24. The number of carbonyl (C=O) groups is 1. The first-order valence-electron chi connectivity index (χ1n) is 8.41. The number of aryl methyl sites for hydroxylation is 1. The minimum Gasteiger partial charge on any atom is -0.497 e. The van der Waals surface area contributed by atoms with Crippen molar-refractivity contribution < 1.29 is 9.53 Å². The van der Waals surface area contributed by atoms with Crippen molar-refractivity contribution >= 4 is 16.9 Å². The van der Waals surface area contributed by atoms with Crippen molar-refractivity contribution in [2.45, 2.75) is 26.9 Å². The smallest absolute Gasteiger partial charge is 0.254 e. The van der Waals surface area contributed by atoms with Gasteiger partial charge in [-0.05, 0) is 49.7 Å². The summed E-state index contributed by atoms with van der Waals surface area (Å²) < 4.78 is 6.99. The monoisotopic (exact) mass is 338 g/mol. The number of amides is 1. The van der Waals surface area contributed by atoms with Gasteiger partial charge in [-0.3, -0.25) is 4.79 Å². The summed E-state index contributed by atoms with van der Waals surface area (Å²) in [6.45, 7) is 5.93. The average molecular weight is 338 g/mol. The number of nitrogens with zero attached hydrogens (tertiary/aromatic N) is 4. The lowest BCUT2D eigenvalue weighted by atomic mass is 10.1. The molecule has 0 N–H and O–H groups in total. The Bertz CT molecular complexity index is 871. The van der Waals surface area contributed by atoms with Gasteiger partial charge in [-0.1, -0.05) is 17.3 Å². The highest BCUT2D eigenvalue weighted by Gasteiger charge is 2.16. The van der Waals surface area contributed by atoms with Crippen molar-refractivity contribution in [2.24, 2.45) is 0 Å². The molecule has 130 valence electrons. The average Bonchev–Trinajstić information content (AvgIpc) is 3.08. The van der Waals surface area contributed by atoms with Crippen LogP contribution < -0.4 is 4.74 Å². The fourth-order valence-corrected chi connectivity index (χ4v) is 2.80. The molecule has 25 heavy (non-hydrogen) atoms. The number of hydrogen-bond donors (Lipinski definition) is 0. The molecule has 6 nitrogen and oxygen atoms in total. The van der Waals surface area contributed by atoms with E-state index in [1.165, 1.54) is 0 Å². The second kappa shape index (κ2) is 7.34. The first kappa shape index (κ1) is 17.0. The molecule has 2 aromatic carbocycles. The Morgan fingerprint density at radius 3 is 2.56 bits per heavy atom. The summed E-state index contributed by atoms with van der Waals surface area (Å²) in [5.41, 5.74) is 3.38. The Hall–Kier alpha value is -2.89. The van der Waals surface area contributed by atoms with Crippen molar-refractivity contribution in [3.63, 3.8) is 0 Å². The highest BCUT2D eigenvalue weighted by molar-refractivity contribution is 5.97. The minimum absolute atomic E-state index is 0.00809. The van der Waals surface area contributed by atoms with Crippen LogP contribution in [0.5, 0.6) is 5.75 Å². The van der Waals surface area contributed by atoms with E-state index in [-0.39, 0.29) is 5.91 Å². The van der Waals surface area contributed by atoms with E-state index in [9.17, 15) is 4.79 Å². The molecule has 0 aliphatic carbocycles. The third-order valence-electron chi connectivity index (χ3n) is 4.26. The third-order valence-corrected chi connectivity index (χ3v) is 4.26. The molecule has 3 aromatic rings. The molecule has 1 heterocycles. The quantitative estimate of drug-likeness (QED) is 0.693. The fourth-order valence-electron chi connectivity index (χ4n) is 2.80. The van der Waals surface area contributed by atoms with Crippen LogP contribution in [0.15, 0.2) is 42.5 Å². The van der Waals surface area contributed by atoms with Gasteiger partial charge in [-0.25, -0.2) is 4.68 Å². The molecule has 0 aliphatic rings. The molecule has 1 amide bonds. The molecule has 1 aromatic heterocycles. The van der Waals surface area contributed by atoms with E-state index in [2.05, 4.69) is 10.3 Å². The van der Waals surface area contributed by atoms with Crippen molar-refractivity contribution in [1.82, 2.24) is 19.9 Å². The van der Waals surface area contributed by atoms with Crippen LogP contribution in [0.3, 0.4) is 0 Å². The largest absolute Gasteiger partial charge is 0.497 e. The summed E-state index contributed by atoms with van der Waals surface area (Å²) in [4.78, 5) is 14.7. The molecule has 0 unspecified atom stereocenters. The highest BCUT2D eigenvalue weighted by Crippen LogP contribution is 2.17. The van der Waals surface area contributed by atoms with Gasteiger partial charge in [-0.2, -0.15) is 0 Å². The van der Waals surface area contributed by atoms with Gasteiger partial charge in [0.15, 0.2) is 0 Å². The van der Waals surface area contributed by atoms with Gasteiger partial charge in [0, 0.05) is 25.2 Å². The zero-order chi connectivity index (χ0) is 17.8. The zero-order valence-electron chi connectivity index (χ0n) is 14.8. The van der Waals surface area contributed by atoms with Crippen LogP contribution >= 0.6 is 0 Å². The van der Waals surface area contributed by atoms with Crippen LogP contribution in [0.1, 0.15) is 29.8 Å². The number of rotatable bonds is 6. The molecule has 0 bridgehead atoms. The Kier molecular flexibility index (Phi) is 4.97. The number of carbonyl (C=O) groups excluding carboxylic acids is 1. The Labute approximate surface area is 147 Å². The molecular weight excluding hydrogens is 316 g/mol. The SMILES string of the molecule is CCN(Cc1ccc(OC)cc1)C(=O)c1ccc2c(c1)nnn2CC. The number of aromatic nitrogens is 3. The summed E-state index contributed by atoms with van der Waals surface area (Å²) in [5.74, 6) is 0.800. The van der Waals surface area contributed by atoms with Crippen molar-refractivity contribution in [3.05, 3.63) is 53.6 Å². The minimum atomic E-state index is -0.00809. The standard InChI is InChI=1S/C19H22N4O2/c1-4-22(13-14-6-9-16(25-3)10-7-14)19(24)15-8-11-18-17(12-15)20-21-23(18)5-2/h6-12H,4-5,13H2,1-3H3. The van der Waals surface area contributed by atoms with E-state index in [1.54, 1.807) is 7.11 Å². The number of ether oxygens (including phenoxy) is 1. The number of fused-ring (bicyclic) bond motifs is 1. The number of methoxy groups -OCH3 is 1. The summed E-state index contributed by atoms with van der Waals surface area (Å²) in [7, 11) is 1.64. The van der Waals surface area contributed by atoms with Crippen molar-refractivity contribution in [3.8, 4) is 5.75 Å². The Balaban J connectivity index is 1.81. The molecule has 6 heteroatoms. The van der Waals surface area contributed by atoms with E-state index in [1.807, 2.05) is 65.9 Å². The van der Waals surface area contributed by atoms with Crippen LogP contribution in [0.4, 0.5) is 0 Å². The van der Waals surface area contributed by atoms with Crippen molar-refractivity contribution in [1.29, 1.82) is 0 Å². The van der Waals surface area contributed by atoms with Crippen molar-refractivity contribution in [2.75, 3.05) is 13.7 Å². The van der Waals surface area contributed by atoms with Crippen LogP contribution in [-0.2, 0) is 13.1 Å². The summed E-state index contributed by atoms with van der Waals surface area (Å²) >= 11 is 0. The molecule has 0 saturated heterocycles. The van der Waals surface area contributed by atoms with E-state index >= 15 is 0 Å². The maximum Gasteiger partial charge on any atom is 0.254 e. The summed E-state index contributed by atoms with van der Waals surface area (Å²) in [6.07, 6.45) is 0. The topological polar surface area (TPSA) is 60.2 Å². The van der Waals surface area contributed by atoms with Gasteiger partial charge in [0.05, 0.1) is 12.6 Å². The number of benzene rings is 2. The molecule has 0 radical (unpaired) electrons. The molecule has 0 atom stereocenters. The van der Waals surface area contributed by atoms with Gasteiger partial charge in [0.1, 0.15) is 11.3 Å². The maximum atomic E-state index is 12.9. The van der Waals surface area contributed by atoms with E-state index in [0.717, 1.165) is 28.9 Å². The predicted molar refractivity (Wildman–Crippen MR) is 96.6 cm³/mol. The lowest BCUT2D eigenvalue weighted by Crippen LogP contribution is -2.30. The lowest BCUT2D eigenvalue weighted by molar-refractivity contribution is 0.0752. The van der Waals surface area contributed by atoms with Crippen LogP contribution in [0, 0.1) is 0 Å². The van der Waals surface area contributed by atoms with Gasteiger partial charge >= 0.3 is 0 Å². The first-order valence-corrected chi connectivity index (χ1v) is 8.41. The molecule has 0 saturated carbocycles. The predicted octanol–water partition coefficient (Wildman–Crippen LogP) is 3.12. The van der Waals surface area contributed by atoms with Gasteiger partial charge < -0.3 is 9.64 Å². The normalized spacial score (nSPS) is 10.8. The third kappa shape index (κ3) is 3.47. The van der Waals surface area contributed by atoms with E-state index < -0.39 is 0 Å². The molecule has 0 fully saturated rings. The molecule has 0 aliphatic heterocycles. The van der Waals surface area contributed by atoms with Crippen LogP contribution in [0.2, 0.25) is 0 Å². The van der Waals surface area contributed by atoms with Gasteiger partial charge in [0.2, 0.25) is 0 Å². The van der Waals surface area contributed by atoms with E-state index in [0.29, 0.717) is 18.7 Å². The van der Waals surface area contributed by atoms with Gasteiger partial charge in [0.25, 0.3) is 5.91 Å². The second-order valence-corrected chi connectivity index (χ2v) is 5.78. The number of hydrogen-bond acceptors (Lipinski definition) is 4.